The minimum absolute atomic E-state index is 0.279. The number of amides is 1. The molecule has 0 aliphatic rings. The van der Waals surface area contributed by atoms with Crippen molar-refractivity contribution < 1.29 is 4.79 Å². The first kappa shape index (κ1) is 13.0. The van der Waals surface area contributed by atoms with Gasteiger partial charge in [-0.05, 0) is 24.6 Å². The highest BCUT2D eigenvalue weighted by atomic mass is 35.5. The van der Waals surface area contributed by atoms with E-state index in [1.165, 1.54) is 11.3 Å². The third kappa shape index (κ3) is 2.87. The van der Waals surface area contributed by atoms with Crippen LogP contribution in [-0.2, 0) is 6.54 Å². The van der Waals surface area contributed by atoms with Crippen molar-refractivity contribution in [2.45, 2.75) is 13.5 Å². The molecule has 6 heteroatoms. The summed E-state index contributed by atoms with van der Waals surface area (Å²) < 4.78 is 0. The predicted molar refractivity (Wildman–Crippen MR) is 74.1 cm³/mol. The zero-order chi connectivity index (χ0) is 13.1. The topological polar surface area (TPSA) is 68.0 Å². The summed E-state index contributed by atoms with van der Waals surface area (Å²) in [6, 6.07) is 5.45. The number of thiazole rings is 1. The Morgan fingerprint density at radius 3 is 3.00 bits per heavy atom. The zero-order valence-electron chi connectivity index (χ0n) is 9.74. The van der Waals surface area contributed by atoms with Crippen molar-refractivity contribution in [3.8, 4) is 0 Å². The van der Waals surface area contributed by atoms with Crippen molar-refractivity contribution in [1.82, 2.24) is 4.98 Å². The van der Waals surface area contributed by atoms with Crippen molar-refractivity contribution in [3.63, 3.8) is 0 Å². The monoisotopic (exact) mass is 281 g/mol. The van der Waals surface area contributed by atoms with Gasteiger partial charge in [0.15, 0.2) is 0 Å². The van der Waals surface area contributed by atoms with E-state index in [1.54, 1.807) is 11.4 Å². The lowest BCUT2D eigenvalue weighted by Crippen LogP contribution is -2.13. The second-order valence-electron chi connectivity index (χ2n) is 3.77. The fourth-order valence-corrected chi connectivity index (χ4v) is 2.25. The molecule has 0 atom stereocenters. The van der Waals surface area contributed by atoms with Gasteiger partial charge < -0.3 is 11.1 Å². The van der Waals surface area contributed by atoms with Crippen molar-refractivity contribution in [2.24, 2.45) is 5.73 Å². The van der Waals surface area contributed by atoms with E-state index in [0.717, 1.165) is 10.6 Å². The Labute approximate surface area is 114 Å². The normalized spacial score (nSPS) is 10.4. The fourth-order valence-electron chi connectivity index (χ4n) is 1.43. The van der Waals surface area contributed by atoms with Crippen LogP contribution in [0, 0.1) is 6.92 Å². The Kier molecular flexibility index (Phi) is 3.96. The van der Waals surface area contributed by atoms with Crippen molar-refractivity contribution in [1.29, 1.82) is 0 Å². The number of nitrogens with zero attached hydrogens (tertiary/aromatic N) is 1. The van der Waals surface area contributed by atoms with Crippen molar-refractivity contribution >= 4 is 34.5 Å². The first-order valence-corrected chi connectivity index (χ1v) is 6.58. The quantitative estimate of drug-likeness (QED) is 0.909. The molecule has 0 aliphatic heterocycles. The fraction of sp³-hybridized carbons (Fsp3) is 0.167. The third-order valence-corrected chi connectivity index (χ3v) is 3.53. The van der Waals surface area contributed by atoms with E-state index in [2.05, 4.69) is 10.3 Å². The van der Waals surface area contributed by atoms with Gasteiger partial charge in [-0.2, -0.15) is 0 Å². The van der Waals surface area contributed by atoms with Crippen molar-refractivity contribution in [2.75, 3.05) is 5.32 Å². The maximum absolute atomic E-state index is 11.9. The molecule has 0 saturated carbocycles. The number of aryl methyl sites for hydroxylation is 1. The molecule has 1 aromatic carbocycles. The summed E-state index contributed by atoms with van der Waals surface area (Å²) in [4.78, 5) is 16.1. The Morgan fingerprint density at radius 2 is 2.33 bits per heavy atom. The number of carbonyl (C=O) groups is 1. The van der Waals surface area contributed by atoms with Crippen molar-refractivity contribution in [3.05, 3.63) is 44.9 Å². The molecule has 2 rings (SSSR count). The number of hydrogen-bond donors (Lipinski definition) is 2. The third-order valence-electron chi connectivity index (χ3n) is 2.33. The summed E-state index contributed by atoms with van der Waals surface area (Å²) in [5.74, 6) is -0.279. The summed E-state index contributed by atoms with van der Waals surface area (Å²) in [6.45, 7) is 2.27. The smallest absolute Gasteiger partial charge is 0.275 e. The highest BCUT2D eigenvalue weighted by Crippen LogP contribution is 2.23. The van der Waals surface area contributed by atoms with E-state index in [-0.39, 0.29) is 5.91 Å². The molecule has 1 aromatic heterocycles. The molecule has 0 unspecified atom stereocenters. The molecule has 0 aliphatic carbocycles. The minimum atomic E-state index is -0.279. The molecule has 0 radical (unpaired) electrons. The molecule has 18 heavy (non-hydrogen) atoms. The van der Waals surface area contributed by atoms with Gasteiger partial charge in [0.1, 0.15) is 10.7 Å². The Morgan fingerprint density at radius 1 is 1.56 bits per heavy atom. The number of benzene rings is 1. The van der Waals surface area contributed by atoms with Gasteiger partial charge in [0.2, 0.25) is 0 Å². The summed E-state index contributed by atoms with van der Waals surface area (Å²) in [6.07, 6.45) is 0. The lowest BCUT2D eigenvalue weighted by Gasteiger charge is -2.06. The van der Waals surface area contributed by atoms with Crippen LogP contribution in [0.1, 0.15) is 21.1 Å². The van der Waals surface area contributed by atoms with Gasteiger partial charge in [-0.15, -0.1) is 11.3 Å². The number of rotatable bonds is 3. The molecule has 4 nitrogen and oxygen atoms in total. The summed E-state index contributed by atoms with van der Waals surface area (Å²) in [5.41, 5.74) is 7.42. The first-order valence-electron chi connectivity index (χ1n) is 5.32. The van der Waals surface area contributed by atoms with Gasteiger partial charge in [-0.25, -0.2) is 4.98 Å². The highest BCUT2D eigenvalue weighted by Gasteiger charge is 2.12. The zero-order valence-corrected chi connectivity index (χ0v) is 11.3. The molecule has 0 saturated heterocycles. The van der Waals surface area contributed by atoms with Crippen LogP contribution in [0.25, 0.3) is 0 Å². The van der Waals surface area contributed by atoms with Gasteiger partial charge in [-0.3, -0.25) is 4.79 Å². The van der Waals surface area contributed by atoms with Crippen LogP contribution in [0.5, 0.6) is 0 Å². The van der Waals surface area contributed by atoms with Gasteiger partial charge in [0, 0.05) is 11.9 Å². The number of anilines is 1. The number of carbonyl (C=O) groups excluding carboxylic acids is 1. The lowest BCUT2D eigenvalue weighted by molar-refractivity contribution is 0.102. The number of nitrogens with two attached hydrogens (primary N) is 1. The molecule has 0 bridgehead atoms. The highest BCUT2D eigenvalue weighted by molar-refractivity contribution is 7.09. The number of aromatic nitrogens is 1. The van der Waals surface area contributed by atoms with Crippen LogP contribution in [-0.4, -0.2) is 10.9 Å². The van der Waals surface area contributed by atoms with Crippen LogP contribution in [0.15, 0.2) is 23.6 Å². The van der Waals surface area contributed by atoms with Crippen LogP contribution in [0.4, 0.5) is 5.69 Å². The molecule has 0 spiro atoms. The first-order chi connectivity index (χ1) is 8.60. The second-order valence-corrected chi connectivity index (χ2v) is 5.12. The average molecular weight is 282 g/mol. The standard InChI is InChI=1S/C12H12ClN3OS/c1-7-2-3-8(13)9(4-7)16-12(17)10-6-18-11(5-14)15-10/h2-4,6H,5,14H2,1H3,(H,16,17). The van der Waals surface area contributed by atoms with E-state index in [9.17, 15) is 4.79 Å². The molecular formula is C12H12ClN3OS. The van der Waals surface area contributed by atoms with Gasteiger partial charge >= 0.3 is 0 Å². The SMILES string of the molecule is Cc1ccc(Cl)c(NC(=O)c2csc(CN)n2)c1. The van der Waals surface area contributed by atoms with E-state index in [1.807, 2.05) is 19.1 Å². The average Bonchev–Trinajstić information content (AvgIpc) is 2.82. The van der Waals surface area contributed by atoms with Crippen LogP contribution in [0.3, 0.4) is 0 Å². The molecule has 3 N–H and O–H groups in total. The molecule has 2 aromatic rings. The van der Waals surface area contributed by atoms with E-state index in [4.69, 9.17) is 17.3 Å². The van der Waals surface area contributed by atoms with E-state index < -0.39 is 0 Å². The molecule has 1 amide bonds. The van der Waals surface area contributed by atoms with Gasteiger partial charge in [0.05, 0.1) is 10.7 Å². The summed E-state index contributed by atoms with van der Waals surface area (Å²) >= 11 is 7.37. The van der Waals surface area contributed by atoms with E-state index in [0.29, 0.717) is 22.9 Å². The lowest BCUT2D eigenvalue weighted by atomic mass is 10.2. The number of nitrogens with one attached hydrogen (secondary N) is 1. The number of hydrogen-bond acceptors (Lipinski definition) is 4. The van der Waals surface area contributed by atoms with E-state index >= 15 is 0 Å². The predicted octanol–water partition coefficient (Wildman–Crippen LogP) is 2.82. The molecular weight excluding hydrogens is 270 g/mol. The minimum Gasteiger partial charge on any atom is -0.325 e. The molecule has 94 valence electrons. The van der Waals surface area contributed by atoms with Gasteiger partial charge in [-0.1, -0.05) is 17.7 Å². The molecule has 0 fully saturated rings. The maximum atomic E-state index is 11.9. The summed E-state index contributed by atoms with van der Waals surface area (Å²) in [7, 11) is 0. The van der Waals surface area contributed by atoms with Crippen LogP contribution >= 0.6 is 22.9 Å². The van der Waals surface area contributed by atoms with Crippen LogP contribution in [0.2, 0.25) is 5.02 Å². The van der Waals surface area contributed by atoms with Gasteiger partial charge in [0.25, 0.3) is 5.91 Å². The maximum Gasteiger partial charge on any atom is 0.275 e. The summed E-state index contributed by atoms with van der Waals surface area (Å²) in [5, 5.41) is 5.65. The Hall–Kier alpha value is -1.43. The Bertz CT molecular complexity index is 582. The molecule has 1 heterocycles. The van der Waals surface area contributed by atoms with Crippen LogP contribution < -0.4 is 11.1 Å². The largest absolute Gasteiger partial charge is 0.325 e. The second kappa shape index (κ2) is 5.48. The Balaban J connectivity index is 2.18. The number of halogens is 1.